The Bertz CT molecular complexity index is 781. The van der Waals surface area contributed by atoms with Crippen molar-refractivity contribution in [2.24, 2.45) is 0 Å². The summed E-state index contributed by atoms with van der Waals surface area (Å²) < 4.78 is 27.7. The number of hydrogen-bond acceptors (Lipinski definition) is 3. The highest BCUT2D eigenvalue weighted by molar-refractivity contribution is 7.89. The molecule has 0 saturated carbocycles. The molecule has 1 aliphatic heterocycles. The van der Waals surface area contributed by atoms with Gasteiger partial charge in [-0.05, 0) is 42.0 Å². The zero-order valence-electron chi connectivity index (χ0n) is 11.9. The number of rotatable bonds is 3. The summed E-state index contributed by atoms with van der Waals surface area (Å²) in [6.45, 7) is 2.45. The Kier molecular flexibility index (Phi) is 4.54. The van der Waals surface area contributed by atoms with Crippen LogP contribution < -0.4 is 0 Å². The summed E-state index contributed by atoms with van der Waals surface area (Å²) >= 11 is 13.9. The van der Waals surface area contributed by atoms with E-state index < -0.39 is 10.0 Å². The number of thiophene rings is 1. The van der Waals surface area contributed by atoms with Gasteiger partial charge in [0, 0.05) is 11.4 Å². The molecule has 0 bridgehead atoms. The second kappa shape index (κ2) is 6.13. The predicted octanol–water partition coefficient (Wildman–Crippen LogP) is 4.75. The van der Waals surface area contributed by atoms with Crippen molar-refractivity contribution in [1.82, 2.24) is 4.31 Å². The molecule has 0 saturated heterocycles. The van der Waals surface area contributed by atoms with Gasteiger partial charge < -0.3 is 0 Å². The van der Waals surface area contributed by atoms with Crippen molar-refractivity contribution in [3.05, 3.63) is 50.1 Å². The van der Waals surface area contributed by atoms with Gasteiger partial charge in [-0.1, -0.05) is 36.2 Å². The van der Waals surface area contributed by atoms with E-state index in [1.165, 1.54) is 9.18 Å². The fourth-order valence-electron chi connectivity index (χ4n) is 2.93. The first-order chi connectivity index (χ1) is 10.5. The molecule has 3 nitrogen and oxygen atoms in total. The number of benzene rings is 1. The molecule has 0 amide bonds. The largest absolute Gasteiger partial charge is 0.246 e. The van der Waals surface area contributed by atoms with Crippen LogP contribution in [-0.2, 0) is 16.4 Å². The second-order valence-corrected chi connectivity index (χ2v) is 8.78. The van der Waals surface area contributed by atoms with Gasteiger partial charge >= 0.3 is 0 Å². The summed E-state index contributed by atoms with van der Waals surface area (Å²) in [5.74, 6) is 0. The first kappa shape index (κ1) is 16.3. The molecule has 2 aromatic rings. The lowest BCUT2D eigenvalue weighted by Gasteiger charge is -2.34. The van der Waals surface area contributed by atoms with Crippen LogP contribution in [0.5, 0.6) is 0 Å². The van der Waals surface area contributed by atoms with Gasteiger partial charge in [-0.3, -0.25) is 0 Å². The highest BCUT2D eigenvalue weighted by atomic mass is 35.5. The molecule has 22 heavy (non-hydrogen) atoms. The topological polar surface area (TPSA) is 37.4 Å². The molecule has 118 valence electrons. The minimum atomic E-state index is -3.73. The van der Waals surface area contributed by atoms with E-state index in [1.807, 2.05) is 18.4 Å². The van der Waals surface area contributed by atoms with Crippen LogP contribution in [0, 0.1) is 0 Å². The molecule has 0 aliphatic carbocycles. The molecule has 0 radical (unpaired) electrons. The summed E-state index contributed by atoms with van der Waals surface area (Å²) in [4.78, 5) is 1.28. The zero-order chi connectivity index (χ0) is 15.9. The minimum Gasteiger partial charge on any atom is -0.207 e. The quantitative estimate of drug-likeness (QED) is 0.775. The SMILES string of the molecule is CC[C@@H]1c2ccsc2CCN1S(=O)(=O)c1c(Cl)cccc1Cl. The molecule has 0 N–H and O–H groups in total. The predicted molar refractivity (Wildman–Crippen MR) is 91.4 cm³/mol. The van der Waals surface area contributed by atoms with Crippen molar-refractivity contribution < 1.29 is 8.42 Å². The third kappa shape index (κ3) is 2.59. The fourth-order valence-corrected chi connectivity index (χ4v) is 6.63. The van der Waals surface area contributed by atoms with Gasteiger partial charge in [-0.15, -0.1) is 11.3 Å². The van der Waals surface area contributed by atoms with Crippen LogP contribution in [0.4, 0.5) is 0 Å². The van der Waals surface area contributed by atoms with Crippen LogP contribution in [0.25, 0.3) is 0 Å². The van der Waals surface area contributed by atoms with E-state index in [-0.39, 0.29) is 21.0 Å². The van der Waals surface area contributed by atoms with E-state index in [9.17, 15) is 8.42 Å². The Balaban J connectivity index is 2.10. The average Bonchev–Trinajstić information content (AvgIpc) is 2.94. The molecular weight excluding hydrogens is 361 g/mol. The number of hydrogen-bond donors (Lipinski definition) is 0. The Morgan fingerprint density at radius 2 is 1.95 bits per heavy atom. The van der Waals surface area contributed by atoms with Gasteiger partial charge in [0.1, 0.15) is 4.90 Å². The van der Waals surface area contributed by atoms with E-state index in [4.69, 9.17) is 23.2 Å². The molecule has 1 aromatic heterocycles. The Morgan fingerprint density at radius 1 is 1.27 bits per heavy atom. The van der Waals surface area contributed by atoms with E-state index in [1.54, 1.807) is 29.5 Å². The van der Waals surface area contributed by atoms with Crippen molar-refractivity contribution in [2.45, 2.75) is 30.7 Å². The number of halogens is 2. The minimum absolute atomic E-state index is 0.00969. The summed E-state index contributed by atoms with van der Waals surface area (Å²) in [5.41, 5.74) is 1.10. The van der Waals surface area contributed by atoms with Crippen molar-refractivity contribution in [3.63, 3.8) is 0 Å². The van der Waals surface area contributed by atoms with E-state index in [0.717, 1.165) is 12.0 Å². The first-order valence-electron chi connectivity index (χ1n) is 6.99. The van der Waals surface area contributed by atoms with Gasteiger partial charge in [-0.25, -0.2) is 8.42 Å². The lowest BCUT2D eigenvalue weighted by molar-refractivity contribution is 0.303. The van der Waals surface area contributed by atoms with Gasteiger partial charge in [0.2, 0.25) is 10.0 Å². The van der Waals surface area contributed by atoms with Crippen molar-refractivity contribution in [1.29, 1.82) is 0 Å². The van der Waals surface area contributed by atoms with Crippen molar-refractivity contribution >= 4 is 44.6 Å². The van der Waals surface area contributed by atoms with Crippen LogP contribution in [-0.4, -0.2) is 19.3 Å². The molecule has 3 rings (SSSR count). The molecular formula is C15H15Cl2NO2S2. The average molecular weight is 376 g/mol. The normalized spacial score (nSPS) is 19.1. The maximum absolute atomic E-state index is 13.1. The Morgan fingerprint density at radius 3 is 2.59 bits per heavy atom. The van der Waals surface area contributed by atoms with Crippen LogP contribution >= 0.6 is 34.5 Å². The number of sulfonamides is 1. The van der Waals surface area contributed by atoms with Crippen LogP contribution in [0.15, 0.2) is 34.5 Å². The van der Waals surface area contributed by atoms with E-state index >= 15 is 0 Å². The lowest BCUT2D eigenvalue weighted by Crippen LogP contribution is -2.39. The third-order valence-corrected chi connectivity index (χ3v) is 7.78. The Labute approximate surface area is 144 Å². The second-order valence-electron chi connectivity index (χ2n) is 5.14. The third-order valence-electron chi connectivity index (χ3n) is 3.92. The van der Waals surface area contributed by atoms with Gasteiger partial charge in [0.05, 0.1) is 16.1 Å². The maximum Gasteiger partial charge on any atom is 0.246 e. The van der Waals surface area contributed by atoms with Gasteiger partial charge in [-0.2, -0.15) is 4.31 Å². The fraction of sp³-hybridized carbons (Fsp3) is 0.333. The lowest BCUT2D eigenvalue weighted by atomic mass is 10.0. The van der Waals surface area contributed by atoms with Crippen LogP contribution in [0.3, 0.4) is 0 Å². The van der Waals surface area contributed by atoms with Gasteiger partial charge in [0.15, 0.2) is 0 Å². The van der Waals surface area contributed by atoms with E-state index in [2.05, 4.69) is 0 Å². The molecule has 2 heterocycles. The summed E-state index contributed by atoms with van der Waals surface area (Å²) in [6.07, 6.45) is 1.44. The van der Waals surface area contributed by atoms with Gasteiger partial charge in [0.25, 0.3) is 0 Å². The van der Waals surface area contributed by atoms with Crippen LogP contribution in [0.2, 0.25) is 10.0 Å². The molecule has 1 aliphatic rings. The molecule has 0 unspecified atom stereocenters. The van der Waals surface area contributed by atoms with Crippen LogP contribution in [0.1, 0.15) is 29.8 Å². The van der Waals surface area contributed by atoms with E-state index in [0.29, 0.717) is 13.0 Å². The molecule has 1 atom stereocenters. The smallest absolute Gasteiger partial charge is 0.207 e. The summed E-state index contributed by atoms with van der Waals surface area (Å²) in [7, 11) is -3.73. The molecule has 1 aromatic carbocycles. The number of fused-ring (bicyclic) bond motifs is 1. The highest BCUT2D eigenvalue weighted by Crippen LogP contribution is 2.41. The number of nitrogens with zero attached hydrogens (tertiary/aromatic N) is 1. The highest BCUT2D eigenvalue weighted by Gasteiger charge is 2.37. The summed E-state index contributed by atoms with van der Waals surface area (Å²) in [6, 6.07) is 6.62. The first-order valence-corrected chi connectivity index (χ1v) is 10.1. The zero-order valence-corrected chi connectivity index (χ0v) is 15.1. The standard InChI is InChI=1S/C15H15Cl2NO2S2/c1-2-13-10-7-9-21-14(10)6-8-18(13)22(19,20)15-11(16)4-3-5-12(15)17/h3-5,7,9,13H,2,6,8H2,1H3/t13-/m1/s1. The van der Waals surface area contributed by atoms with Crippen molar-refractivity contribution in [3.8, 4) is 0 Å². The van der Waals surface area contributed by atoms with Crippen molar-refractivity contribution in [2.75, 3.05) is 6.54 Å². The maximum atomic E-state index is 13.1. The molecule has 7 heteroatoms. The molecule has 0 fully saturated rings. The monoisotopic (exact) mass is 375 g/mol. The summed E-state index contributed by atoms with van der Waals surface area (Å²) in [5, 5.41) is 2.35. The molecule has 0 spiro atoms. The Hall–Kier alpha value is -0.590.